The van der Waals surface area contributed by atoms with Crippen LogP contribution in [0.25, 0.3) is 0 Å². The molecule has 1 aliphatic rings. The van der Waals surface area contributed by atoms with E-state index in [4.69, 9.17) is 4.74 Å². The Morgan fingerprint density at radius 2 is 1.96 bits per heavy atom. The van der Waals surface area contributed by atoms with Crippen LogP contribution in [0.3, 0.4) is 0 Å². The van der Waals surface area contributed by atoms with Crippen LogP contribution in [0.2, 0.25) is 0 Å². The van der Waals surface area contributed by atoms with Gasteiger partial charge < -0.3 is 9.47 Å². The van der Waals surface area contributed by atoms with E-state index in [1.807, 2.05) is 0 Å². The fraction of sp³-hybridized carbons (Fsp3) is 0.500. The molecule has 1 atom stereocenters. The maximum Gasteiger partial charge on any atom is 0.328 e. The number of hydrogen-bond donors (Lipinski definition) is 0. The largest absolute Gasteiger partial charge is 0.469 e. The molecular formula is C16H19NO6. The van der Waals surface area contributed by atoms with Gasteiger partial charge in [0.1, 0.15) is 6.04 Å². The van der Waals surface area contributed by atoms with Crippen molar-refractivity contribution in [3.8, 4) is 0 Å². The summed E-state index contributed by atoms with van der Waals surface area (Å²) in [6, 6.07) is 0.803. The molecule has 0 saturated heterocycles. The van der Waals surface area contributed by atoms with Crippen molar-refractivity contribution in [1.82, 2.24) is 4.57 Å². The zero-order valence-corrected chi connectivity index (χ0v) is 13.4. The number of ketones is 1. The van der Waals surface area contributed by atoms with E-state index in [1.165, 1.54) is 31.8 Å². The number of methoxy groups -OCH3 is 2. The van der Waals surface area contributed by atoms with Crippen LogP contribution in [-0.2, 0) is 31.9 Å². The molecule has 0 saturated carbocycles. The molecule has 1 aromatic rings. The van der Waals surface area contributed by atoms with Crippen LogP contribution < -0.4 is 5.56 Å². The molecule has 1 aliphatic heterocycles. The van der Waals surface area contributed by atoms with Crippen molar-refractivity contribution in [2.45, 2.75) is 38.6 Å². The van der Waals surface area contributed by atoms with E-state index in [0.29, 0.717) is 29.7 Å². The standard InChI is InChI=1S/C16H19NO6/c1-9(18)11-8-10(4-7-14(19)22-2)15(20)17-12(11)5-6-13(17)16(21)23-3/h8,13H,4-7H2,1-3H3/t13-/m0/s1. The van der Waals surface area contributed by atoms with Crippen LogP contribution in [0.4, 0.5) is 0 Å². The number of esters is 2. The molecule has 7 heteroatoms. The highest BCUT2D eigenvalue weighted by Crippen LogP contribution is 2.28. The molecule has 0 N–H and O–H groups in total. The summed E-state index contributed by atoms with van der Waals surface area (Å²) < 4.78 is 10.7. The number of carbonyl (C=O) groups excluding carboxylic acids is 3. The molecule has 0 amide bonds. The Kier molecular flexibility index (Phi) is 4.98. The Hall–Kier alpha value is -2.44. The normalized spacial score (nSPS) is 15.9. The Morgan fingerprint density at radius 3 is 2.52 bits per heavy atom. The summed E-state index contributed by atoms with van der Waals surface area (Å²) in [5, 5.41) is 0. The molecule has 0 bridgehead atoms. The minimum absolute atomic E-state index is 0.0331. The van der Waals surface area contributed by atoms with E-state index in [2.05, 4.69) is 4.74 Å². The van der Waals surface area contributed by atoms with Gasteiger partial charge in [-0.05, 0) is 32.3 Å². The molecule has 23 heavy (non-hydrogen) atoms. The number of Topliss-reactive ketones (excluding diaryl/α,β-unsaturated/α-hetero) is 1. The van der Waals surface area contributed by atoms with Gasteiger partial charge in [-0.2, -0.15) is 0 Å². The van der Waals surface area contributed by atoms with Gasteiger partial charge in [-0.1, -0.05) is 0 Å². The van der Waals surface area contributed by atoms with Crippen molar-refractivity contribution in [3.05, 3.63) is 33.2 Å². The van der Waals surface area contributed by atoms with Crippen LogP contribution in [0.5, 0.6) is 0 Å². The van der Waals surface area contributed by atoms with Crippen LogP contribution in [0, 0.1) is 0 Å². The maximum absolute atomic E-state index is 12.7. The van der Waals surface area contributed by atoms with Crippen LogP contribution >= 0.6 is 0 Å². The topological polar surface area (TPSA) is 91.7 Å². The lowest BCUT2D eigenvalue weighted by molar-refractivity contribution is -0.144. The third-order valence-electron chi connectivity index (χ3n) is 4.06. The third-order valence-corrected chi connectivity index (χ3v) is 4.06. The van der Waals surface area contributed by atoms with Gasteiger partial charge >= 0.3 is 11.9 Å². The van der Waals surface area contributed by atoms with Gasteiger partial charge in [-0.25, -0.2) is 4.79 Å². The number of nitrogens with zero attached hydrogens (tertiary/aromatic N) is 1. The summed E-state index contributed by atoms with van der Waals surface area (Å²) in [5.41, 5.74) is 0.928. The first-order valence-corrected chi connectivity index (χ1v) is 7.33. The zero-order chi connectivity index (χ0) is 17.1. The predicted molar refractivity (Wildman–Crippen MR) is 80.4 cm³/mol. The highest BCUT2D eigenvalue weighted by Gasteiger charge is 2.33. The monoisotopic (exact) mass is 321 g/mol. The molecule has 0 unspecified atom stereocenters. The lowest BCUT2D eigenvalue weighted by Gasteiger charge is -2.15. The molecule has 0 aromatic carbocycles. The highest BCUT2D eigenvalue weighted by atomic mass is 16.5. The van der Waals surface area contributed by atoms with Gasteiger partial charge in [-0.3, -0.25) is 19.0 Å². The SMILES string of the molecule is COC(=O)CCc1cc(C(C)=O)c2n(c1=O)[C@H](C(=O)OC)CC2. The van der Waals surface area contributed by atoms with Gasteiger partial charge in [0.15, 0.2) is 5.78 Å². The minimum Gasteiger partial charge on any atom is -0.469 e. The quantitative estimate of drug-likeness (QED) is 0.589. The zero-order valence-electron chi connectivity index (χ0n) is 13.4. The molecule has 2 heterocycles. The average molecular weight is 321 g/mol. The number of carbonyl (C=O) groups is 3. The lowest BCUT2D eigenvalue weighted by atomic mass is 10.0. The van der Waals surface area contributed by atoms with Gasteiger partial charge in [0.2, 0.25) is 0 Å². The van der Waals surface area contributed by atoms with Gasteiger partial charge in [0, 0.05) is 23.2 Å². The van der Waals surface area contributed by atoms with E-state index in [0.717, 1.165) is 0 Å². The lowest BCUT2D eigenvalue weighted by Crippen LogP contribution is -2.32. The minimum atomic E-state index is -0.723. The van der Waals surface area contributed by atoms with E-state index in [9.17, 15) is 19.2 Å². The maximum atomic E-state index is 12.7. The first-order valence-electron chi connectivity index (χ1n) is 7.33. The van der Waals surface area contributed by atoms with Crippen LogP contribution in [0.1, 0.15) is 47.4 Å². The first-order chi connectivity index (χ1) is 10.9. The smallest absolute Gasteiger partial charge is 0.328 e. The molecule has 0 radical (unpaired) electrons. The molecule has 0 spiro atoms. The van der Waals surface area contributed by atoms with Crippen molar-refractivity contribution < 1.29 is 23.9 Å². The first kappa shape index (κ1) is 16.9. The number of rotatable bonds is 5. The molecule has 1 aromatic heterocycles. The number of ether oxygens (including phenoxy) is 2. The summed E-state index contributed by atoms with van der Waals surface area (Å²) in [5.74, 6) is -1.13. The van der Waals surface area contributed by atoms with Gasteiger partial charge in [0.05, 0.1) is 14.2 Å². The van der Waals surface area contributed by atoms with E-state index in [-0.39, 0.29) is 24.2 Å². The number of hydrogen-bond acceptors (Lipinski definition) is 6. The molecule has 0 fully saturated rings. The molecule has 2 rings (SSSR count). The third kappa shape index (κ3) is 3.18. The van der Waals surface area contributed by atoms with Crippen molar-refractivity contribution >= 4 is 17.7 Å². The summed E-state index contributed by atoms with van der Waals surface area (Å²) in [4.78, 5) is 47.7. The number of aromatic nitrogens is 1. The Bertz CT molecular complexity index is 718. The van der Waals surface area contributed by atoms with E-state index < -0.39 is 18.0 Å². The number of fused-ring (bicyclic) bond motifs is 1. The second kappa shape index (κ2) is 6.76. The molecule has 124 valence electrons. The molecule has 0 aliphatic carbocycles. The number of aryl methyl sites for hydroxylation is 1. The van der Waals surface area contributed by atoms with Crippen LogP contribution in [-0.4, -0.2) is 36.5 Å². The van der Waals surface area contributed by atoms with Crippen LogP contribution in [0.15, 0.2) is 10.9 Å². The summed E-state index contributed by atoms with van der Waals surface area (Å²) >= 11 is 0. The van der Waals surface area contributed by atoms with Crippen molar-refractivity contribution in [2.24, 2.45) is 0 Å². The predicted octanol–water partition coefficient (Wildman–Crippen LogP) is 0.817. The van der Waals surface area contributed by atoms with Gasteiger partial charge in [0.25, 0.3) is 5.56 Å². The Labute approximate surface area is 133 Å². The van der Waals surface area contributed by atoms with Gasteiger partial charge in [-0.15, -0.1) is 0 Å². The average Bonchev–Trinajstić information content (AvgIpc) is 2.98. The van der Waals surface area contributed by atoms with E-state index in [1.54, 1.807) is 0 Å². The van der Waals surface area contributed by atoms with Crippen molar-refractivity contribution in [2.75, 3.05) is 14.2 Å². The van der Waals surface area contributed by atoms with E-state index >= 15 is 0 Å². The fourth-order valence-electron chi connectivity index (χ4n) is 2.90. The highest BCUT2D eigenvalue weighted by molar-refractivity contribution is 5.95. The summed E-state index contributed by atoms with van der Waals surface area (Å²) in [6.07, 6.45) is 1.06. The molecular weight excluding hydrogens is 302 g/mol. The van der Waals surface area contributed by atoms with Crippen molar-refractivity contribution in [3.63, 3.8) is 0 Å². The summed E-state index contributed by atoms with van der Waals surface area (Å²) in [6.45, 7) is 1.41. The second-order valence-corrected chi connectivity index (χ2v) is 5.42. The second-order valence-electron chi connectivity index (χ2n) is 5.42. The summed E-state index contributed by atoms with van der Waals surface area (Å²) in [7, 11) is 2.53. The Balaban J connectivity index is 2.52. The number of pyridine rings is 1. The van der Waals surface area contributed by atoms with Crippen molar-refractivity contribution in [1.29, 1.82) is 0 Å². The molecule has 7 nitrogen and oxygen atoms in total. The fourth-order valence-corrected chi connectivity index (χ4v) is 2.90. The Morgan fingerprint density at radius 1 is 1.26 bits per heavy atom.